The van der Waals surface area contributed by atoms with Crippen molar-refractivity contribution in [3.63, 3.8) is 0 Å². The molecule has 1 aromatic carbocycles. The van der Waals surface area contributed by atoms with Crippen molar-refractivity contribution in [1.82, 2.24) is 0 Å². The van der Waals surface area contributed by atoms with Crippen molar-refractivity contribution in [2.45, 2.75) is 38.6 Å². The van der Waals surface area contributed by atoms with Crippen LogP contribution >= 0.6 is 11.8 Å². The van der Waals surface area contributed by atoms with Gasteiger partial charge in [-0.25, -0.2) is 0 Å². The van der Waals surface area contributed by atoms with Crippen molar-refractivity contribution in [2.24, 2.45) is 10.4 Å². The van der Waals surface area contributed by atoms with Gasteiger partial charge >= 0.3 is 6.18 Å². The average molecular weight is 316 g/mol. The van der Waals surface area contributed by atoms with E-state index >= 15 is 0 Å². The third-order valence-corrected chi connectivity index (χ3v) is 4.10. The lowest BCUT2D eigenvalue weighted by Gasteiger charge is -2.21. The molecule has 0 amide bonds. The van der Waals surface area contributed by atoms with Crippen LogP contribution in [0.1, 0.15) is 32.8 Å². The molecule has 116 valence electrons. The smallest absolute Gasteiger partial charge is 0.335 e. The van der Waals surface area contributed by atoms with Gasteiger partial charge in [-0.3, -0.25) is 4.99 Å². The van der Waals surface area contributed by atoms with E-state index in [0.29, 0.717) is 22.6 Å². The second-order valence-corrected chi connectivity index (χ2v) is 7.64. The Bertz CT molecular complexity index is 532. The van der Waals surface area contributed by atoms with Crippen molar-refractivity contribution >= 4 is 22.6 Å². The molecule has 0 saturated heterocycles. The molecule has 0 saturated carbocycles. The number of nitrogens with one attached hydrogen (secondary N) is 1. The SMILES string of the molecule is CC(C)(C)CC1CN=C(Nc2cccc(C(F)(F)F)c2)S1. The Kier molecular flexibility index (Phi) is 4.56. The van der Waals surface area contributed by atoms with E-state index < -0.39 is 11.7 Å². The van der Waals surface area contributed by atoms with Gasteiger partial charge in [-0.05, 0) is 30.0 Å². The minimum atomic E-state index is -4.32. The van der Waals surface area contributed by atoms with Crippen molar-refractivity contribution in [1.29, 1.82) is 0 Å². The van der Waals surface area contributed by atoms with E-state index in [0.717, 1.165) is 18.6 Å². The van der Waals surface area contributed by atoms with Gasteiger partial charge in [0.2, 0.25) is 0 Å². The van der Waals surface area contributed by atoms with Crippen LogP contribution in [-0.2, 0) is 6.18 Å². The zero-order valence-corrected chi connectivity index (χ0v) is 13.1. The monoisotopic (exact) mass is 316 g/mol. The zero-order valence-electron chi connectivity index (χ0n) is 12.3. The Balaban J connectivity index is 1.98. The number of alkyl halides is 3. The van der Waals surface area contributed by atoms with Crippen molar-refractivity contribution in [3.05, 3.63) is 29.8 Å². The molecule has 1 heterocycles. The Morgan fingerprint density at radius 1 is 1.29 bits per heavy atom. The van der Waals surface area contributed by atoms with Gasteiger partial charge in [-0.1, -0.05) is 38.6 Å². The molecular weight excluding hydrogens is 297 g/mol. The molecule has 0 fully saturated rings. The third kappa shape index (κ3) is 4.95. The van der Waals surface area contributed by atoms with Gasteiger partial charge in [0.15, 0.2) is 5.17 Å². The van der Waals surface area contributed by atoms with Crippen molar-refractivity contribution < 1.29 is 13.2 Å². The quantitative estimate of drug-likeness (QED) is 0.828. The Hall–Kier alpha value is -1.17. The number of anilines is 1. The normalized spacial score (nSPS) is 19.5. The first-order valence-electron chi connectivity index (χ1n) is 6.79. The molecule has 1 aliphatic rings. The van der Waals surface area contributed by atoms with E-state index in [1.165, 1.54) is 6.07 Å². The largest absolute Gasteiger partial charge is 0.416 e. The first kappa shape index (κ1) is 16.2. The highest BCUT2D eigenvalue weighted by atomic mass is 32.2. The van der Waals surface area contributed by atoms with Crippen LogP contribution in [-0.4, -0.2) is 17.0 Å². The molecule has 0 spiro atoms. The summed E-state index contributed by atoms with van der Waals surface area (Å²) >= 11 is 1.60. The molecule has 21 heavy (non-hydrogen) atoms. The average Bonchev–Trinajstić information content (AvgIpc) is 2.73. The molecule has 0 aliphatic carbocycles. The van der Waals surface area contributed by atoms with Crippen LogP contribution in [0, 0.1) is 5.41 Å². The van der Waals surface area contributed by atoms with Crippen LogP contribution in [0.15, 0.2) is 29.3 Å². The Morgan fingerprint density at radius 3 is 2.62 bits per heavy atom. The van der Waals surface area contributed by atoms with Gasteiger partial charge in [-0.2, -0.15) is 13.2 Å². The second-order valence-electron chi connectivity index (χ2n) is 6.35. The van der Waals surface area contributed by atoms with Crippen LogP contribution < -0.4 is 5.32 Å². The van der Waals surface area contributed by atoms with Crippen LogP contribution in [0.2, 0.25) is 0 Å². The fourth-order valence-electron chi connectivity index (χ4n) is 2.17. The summed E-state index contributed by atoms with van der Waals surface area (Å²) in [5.41, 5.74) is -0.00595. The molecule has 1 aromatic rings. The number of halogens is 3. The number of nitrogens with zero attached hydrogens (tertiary/aromatic N) is 1. The summed E-state index contributed by atoms with van der Waals surface area (Å²) in [4.78, 5) is 4.38. The summed E-state index contributed by atoms with van der Waals surface area (Å²) < 4.78 is 38.0. The summed E-state index contributed by atoms with van der Waals surface area (Å²) in [5, 5.41) is 4.07. The topological polar surface area (TPSA) is 24.4 Å². The van der Waals surface area contributed by atoms with E-state index in [2.05, 4.69) is 31.1 Å². The zero-order chi connectivity index (χ0) is 15.7. The van der Waals surface area contributed by atoms with Gasteiger partial charge in [0.25, 0.3) is 0 Å². The minimum Gasteiger partial charge on any atom is -0.335 e. The first-order valence-corrected chi connectivity index (χ1v) is 7.67. The lowest BCUT2D eigenvalue weighted by Crippen LogP contribution is -2.16. The first-order chi connectivity index (χ1) is 9.63. The molecule has 0 aromatic heterocycles. The fraction of sp³-hybridized carbons (Fsp3) is 0.533. The highest BCUT2D eigenvalue weighted by molar-refractivity contribution is 8.15. The van der Waals surface area contributed by atoms with Crippen molar-refractivity contribution in [2.75, 3.05) is 11.9 Å². The van der Waals surface area contributed by atoms with Crippen LogP contribution in [0.4, 0.5) is 18.9 Å². The molecule has 6 heteroatoms. The summed E-state index contributed by atoms with van der Waals surface area (Å²) in [7, 11) is 0. The summed E-state index contributed by atoms with van der Waals surface area (Å²) in [5.74, 6) is 0. The number of hydrogen-bond donors (Lipinski definition) is 1. The predicted molar refractivity (Wildman–Crippen MR) is 82.8 cm³/mol. The molecule has 0 bridgehead atoms. The lowest BCUT2D eigenvalue weighted by molar-refractivity contribution is -0.137. The van der Waals surface area contributed by atoms with E-state index in [-0.39, 0.29) is 5.41 Å². The predicted octanol–water partition coefficient (Wildman–Crippen LogP) is 5.02. The minimum absolute atomic E-state index is 0.221. The van der Waals surface area contributed by atoms with E-state index in [9.17, 15) is 13.2 Å². The Morgan fingerprint density at radius 2 is 2.00 bits per heavy atom. The van der Waals surface area contributed by atoms with E-state index in [4.69, 9.17) is 0 Å². The van der Waals surface area contributed by atoms with Gasteiger partial charge in [0, 0.05) is 10.9 Å². The number of rotatable bonds is 2. The number of amidine groups is 1. The van der Waals surface area contributed by atoms with E-state index in [1.54, 1.807) is 17.8 Å². The molecular formula is C15H19F3N2S. The van der Waals surface area contributed by atoms with Gasteiger partial charge in [0.1, 0.15) is 0 Å². The highest BCUT2D eigenvalue weighted by Gasteiger charge is 2.31. The highest BCUT2D eigenvalue weighted by Crippen LogP contribution is 2.34. The maximum atomic E-state index is 12.7. The maximum Gasteiger partial charge on any atom is 0.416 e. The number of hydrogen-bond acceptors (Lipinski definition) is 3. The van der Waals surface area contributed by atoms with Crippen molar-refractivity contribution in [3.8, 4) is 0 Å². The molecule has 1 unspecified atom stereocenters. The van der Waals surface area contributed by atoms with Gasteiger partial charge < -0.3 is 5.32 Å². The third-order valence-electron chi connectivity index (χ3n) is 3.00. The van der Waals surface area contributed by atoms with Gasteiger partial charge in [0.05, 0.1) is 12.1 Å². The number of aliphatic imine (C=N–C) groups is 1. The molecule has 2 nitrogen and oxygen atoms in total. The number of thioether (sulfide) groups is 1. The van der Waals surface area contributed by atoms with Gasteiger partial charge in [-0.15, -0.1) is 0 Å². The molecule has 1 aliphatic heterocycles. The number of benzene rings is 1. The standard InChI is InChI=1S/C15H19F3N2S/c1-14(2,3)8-12-9-19-13(21-12)20-11-6-4-5-10(7-11)15(16,17)18/h4-7,12H,8-9H2,1-3H3,(H,19,20). The lowest BCUT2D eigenvalue weighted by atomic mass is 9.90. The molecule has 2 rings (SSSR count). The van der Waals surface area contributed by atoms with Crippen LogP contribution in [0.5, 0.6) is 0 Å². The molecule has 1 atom stereocenters. The maximum absolute atomic E-state index is 12.7. The molecule has 0 radical (unpaired) electrons. The summed E-state index contributed by atoms with van der Waals surface area (Å²) in [6, 6.07) is 5.20. The van der Waals surface area contributed by atoms with E-state index in [1.807, 2.05) is 0 Å². The fourth-order valence-corrected chi connectivity index (χ4v) is 3.55. The summed E-state index contributed by atoms with van der Waals surface area (Å²) in [6.07, 6.45) is -3.30. The molecule has 1 N–H and O–H groups in total. The second kappa shape index (κ2) is 5.91. The Labute approximate surface area is 127 Å². The van der Waals surface area contributed by atoms with Crippen LogP contribution in [0.25, 0.3) is 0 Å². The summed E-state index contributed by atoms with van der Waals surface area (Å²) in [6.45, 7) is 7.23. The van der Waals surface area contributed by atoms with Crippen LogP contribution in [0.3, 0.4) is 0 Å².